The van der Waals surface area contributed by atoms with Crippen LogP contribution in [0, 0.1) is 23.7 Å². The smallest absolute Gasteiger partial charge is 0.343 e. The summed E-state index contributed by atoms with van der Waals surface area (Å²) in [6.45, 7) is 7.95. The molecule has 1 aliphatic heterocycles. The highest BCUT2D eigenvalue weighted by Crippen LogP contribution is 2.52. The molecule has 3 fully saturated rings. The Labute approximate surface area is 174 Å². The van der Waals surface area contributed by atoms with Crippen molar-refractivity contribution in [2.45, 2.75) is 51.6 Å². The van der Waals surface area contributed by atoms with Gasteiger partial charge in [-0.15, -0.1) is 0 Å². The lowest BCUT2D eigenvalue weighted by atomic mass is 9.73. The first-order chi connectivity index (χ1) is 14.0. The standard InChI is InChI=1S/C25H35NO3/c1-18(2)13-14-26-15-21-22(16-26)23(21)17-29-24(27)25(28,19-9-5-3-6-10-19)20-11-7-4-8-12-20/h3,5-6,9-10,13,20-23,28H,4,7-8,11-12,14-17H2,1-2H3. The molecule has 3 unspecified atom stereocenters. The number of benzene rings is 1. The van der Waals surface area contributed by atoms with E-state index in [1.54, 1.807) is 0 Å². The molecule has 1 saturated heterocycles. The molecule has 0 bridgehead atoms. The summed E-state index contributed by atoms with van der Waals surface area (Å²) in [4.78, 5) is 15.7. The zero-order chi connectivity index (χ0) is 20.4. The predicted molar refractivity (Wildman–Crippen MR) is 114 cm³/mol. The van der Waals surface area contributed by atoms with Crippen molar-refractivity contribution in [2.75, 3.05) is 26.2 Å². The third kappa shape index (κ3) is 4.29. The molecule has 1 N–H and O–H groups in total. The quantitative estimate of drug-likeness (QED) is 0.555. The van der Waals surface area contributed by atoms with E-state index >= 15 is 0 Å². The van der Waals surface area contributed by atoms with Crippen LogP contribution in [0.25, 0.3) is 0 Å². The molecule has 4 heteroatoms. The van der Waals surface area contributed by atoms with E-state index in [-0.39, 0.29) is 5.92 Å². The minimum atomic E-state index is -1.51. The molecule has 2 aliphatic carbocycles. The minimum absolute atomic E-state index is 0.0515. The first-order valence-electron chi connectivity index (χ1n) is 11.3. The first kappa shape index (κ1) is 20.6. The molecule has 0 radical (unpaired) electrons. The number of hydrogen-bond acceptors (Lipinski definition) is 4. The maximum atomic E-state index is 13.2. The first-order valence-corrected chi connectivity index (χ1v) is 11.3. The molecule has 1 aromatic rings. The van der Waals surface area contributed by atoms with Gasteiger partial charge in [0.05, 0.1) is 6.61 Å². The van der Waals surface area contributed by atoms with Gasteiger partial charge in [-0.3, -0.25) is 4.90 Å². The highest BCUT2D eigenvalue weighted by molar-refractivity contribution is 5.81. The largest absolute Gasteiger partial charge is 0.463 e. The lowest BCUT2D eigenvalue weighted by Crippen LogP contribution is -2.45. The van der Waals surface area contributed by atoms with E-state index in [0.717, 1.165) is 45.3 Å². The zero-order valence-corrected chi connectivity index (χ0v) is 17.8. The summed E-state index contributed by atoms with van der Waals surface area (Å²) in [5.41, 5.74) is 0.529. The molecule has 0 aromatic heterocycles. The van der Waals surface area contributed by atoms with Crippen molar-refractivity contribution in [1.29, 1.82) is 0 Å². The highest BCUT2D eigenvalue weighted by Gasteiger charge is 2.56. The van der Waals surface area contributed by atoms with Gasteiger partial charge in [-0.1, -0.05) is 61.2 Å². The molecule has 1 heterocycles. The fourth-order valence-electron chi connectivity index (χ4n) is 5.46. The topological polar surface area (TPSA) is 49.8 Å². The van der Waals surface area contributed by atoms with E-state index in [9.17, 15) is 9.90 Å². The molecule has 0 spiro atoms. The van der Waals surface area contributed by atoms with E-state index < -0.39 is 11.6 Å². The minimum Gasteiger partial charge on any atom is -0.463 e. The van der Waals surface area contributed by atoms with Gasteiger partial charge in [0.2, 0.25) is 0 Å². The number of aliphatic hydroxyl groups is 1. The summed E-state index contributed by atoms with van der Waals surface area (Å²) in [5, 5.41) is 11.6. The van der Waals surface area contributed by atoms with Crippen LogP contribution >= 0.6 is 0 Å². The van der Waals surface area contributed by atoms with Gasteiger partial charge in [0.1, 0.15) is 0 Å². The zero-order valence-electron chi connectivity index (χ0n) is 17.8. The second-order valence-corrected chi connectivity index (χ2v) is 9.56. The van der Waals surface area contributed by atoms with E-state index in [1.807, 2.05) is 30.3 Å². The monoisotopic (exact) mass is 397 g/mol. The Bertz CT molecular complexity index is 724. The number of hydrogen-bond donors (Lipinski definition) is 1. The molecule has 3 aliphatic rings. The fourth-order valence-corrected chi connectivity index (χ4v) is 5.46. The van der Waals surface area contributed by atoms with Crippen molar-refractivity contribution in [3.05, 3.63) is 47.5 Å². The Morgan fingerprint density at radius 2 is 1.79 bits per heavy atom. The van der Waals surface area contributed by atoms with Crippen LogP contribution in [0.2, 0.25) is 0 Å². The average molecular weight is 398 g/mol. The van der Waals surface area contributed by atoms with Gasteiger partial charge < -0.3 is 9.84 Å². The molecule has 1 aromatic carbocycles. The summed E-state index contributed by atoms with van der Waals surface area (Å²) >= 11 is 0. The van der Waals surface area contributed by atoms with Crippen LogP contribution in [0.1, 0.15) is 51.5 Å². The molecular formula is C25H35NO3. The van der Waals surface area contributed by atoms with Gasteiger partial charge in [0, 0.05) is 31.5 Å². The number of carbonyl (C=O) groups excluding carboxylic acids is 1. The number of likely N-dealkylation sites (tertiary alicyclic amines) is 1. The number of allylic oxidation sites excluding steroid dienone is 1. The van der Waals surface area contributed by atoms with Crippen LogP contribution in [-0.2, 0) is 15.1 Å². The maximum absolute atomic E-state index is 13.2. The van der Waals surface area contributed by atoms with Crippen molar-refractivity contribution >= 4 is 5.97 Å². The molecule has 3 atom stereocenters. The molecular weight excluding hydrogens is 362 g/mol. The molecule has 2 saturated carbocycles. The van der Waals surface area contributed by atoms with Gasteiger partial charge in [0.15, 0.2) is 5.60 Å². The number of rotatable bonds is 7. The van der Waals surface area contributed by atoms with Crippen molar-refractivity contribution in [3.8, 4) is 0 Å². The Hall–Kier alpha value is -1.65. The molecule has 4 rings (SSSR count). The van der Waals surface area contributed by atoms with E-state index in [2.05, 4.69) is 24.8 Å². The van der Waals surface area contributed by atoms with Gasteiger partial charge >= 0.3 is 5.97 Å². The van der Waals surface area contributed by atoms with Crippen molar-refractivity contribution in [3.63, 3.8) is 0 Å². The predicted octanol–water partition coefficient (Wildman–Crippen LogP) is 4.14. The molecule has 158 valence electrons. The van der Waals surface area contributed by atoms with Crippen LogP contribution in [0.4, 0.5) is 0 Å². The van der Waals surface area contributed by atoms with E-state index in [4.69, 9.17) is 4.74 Å². The molecule has 4 nitrogen and oxygen atoms in total. The summed E-state index contributed by atoms with van der Waals surface area (Å²) in [6.07, 6.45) is 7.38. The molecule has 29 heavy (non-hydrogen) atoms. The lowest BCUT2D eigenvalue weighted by molar-refractivity contribution is -0.176. The van der Waals surface area contributed by atoms with Crippen LogP contribution < -0.4 is 0 Å². The van der Waals surface area contributed by atoms with Crippen LogP contribution in [0.3, 0.4) is 0 Å². The van der Waals surface area contributed by atoms with Gasteiger partial charge in [-0.05, 0) is 44.1 Å². The van der Waals surface area contributed by atoms with Gasteiger partial charge in [-0.2, -0.15) is 0 Å². The SMILES string of the molecule is CC(C)=CCN1CC2C(COC(=O)C(O)(c3ccccc3)C3CCCCC3)C2C1. The van der Waals surface area contributed by atoms with Gasteiger partial charge in [0.25, 0.3) is 0 Å². The number of esters is 1. The second-order valence-electron chi connectivity index (χ2n) is 9.56. The fraction of sp³-hybridized carbons (Fsp3) is 0.640. The van der Waals surface area contributed by atoms with E-state index in [1.165, 1.54) is 12.0 Å². The van der Waals surface area contributed by atoms with Crippen molar-refractivity contribution in [1.82, 2.24) is 4.90 Å². The van der Waals surface area contributed by atoms with Crippen LogP contribution in [-0.4, -0.2) is 42.2 Å². The van der Waals surface area contributed by atoms with Crippen LogP contribution in [0.5, 0.6) is 0 Å². The lowest BCUT2D eigenvalue weighted by Gasteiger charge is -2.36. The van der Waals surface area contributed by atoms with Crippen molar-refractivity contribution in [2.24, 2.45) is 23.7 Å². The van der Waals surface area contributed by atoms with Crippen LogP contribution in [0.15, 0.2) is 42.0 Å². The normalized spacial score (nSPS) is 29.0. The van der Waals surface area contributed by atoms with Gasteiger partial charge in [-0.25, -0.2) is 4.79 Å². The third-order valence-corrected chi connectivity index (χ3v) is 7.33. The van der Waals surface area contributed by atoms with E-state index in [0.29, 0.717) is 29.9 Å². The Morgan fingerprint density at radius 1 is 1.14 bits per heavy atom. The highest BCUT2D eigenvalue weighted by atomic mass is 16.6. The number of ether oxygens (including phenoxy) is 1. The van der Waals surface area contributed by atoms with Crippen molar-refractivity contribution < 1.29 is 14.6 Å². The number of nitrogens with zero attached hydrogens (tertiary/aromatic N) is 1. The second kappa shape index (κ2) is 8.61. The summed E-state index contributed by atoms with van der Waals surface area (Å²) < 4.78 is 5.79. The molecule has 0 amide bonds. The summed E-state index contributed by atoms with van der Waals surface area (Å²) in [7, 11) is 0. The maximum Gasteiger partial charge on any atom is 0.343 e. The number of piperidine rings is 1. The number of fused-ring (bicyclic) bond motifs is 1. The summed E-state index contributed by atoms with van der Waals surface area (Å²) in [6, 6.07) is 9.43. The number of carbonyl (C=O) groups is 1. The Kier molecular flexibility index (Phi) is 6.12. The third-order valence-electron chi connectivity index (χ3n) is 7.33. The Balaban J connectivity index is 1.36. The summed E-state index contributed by atoms with van der Waals surface area (Å²) in [5.74, 6) is 1.26. The Morgan fingerprint density at radius 3 is 2.41 bits per heavy atom. The average Bonchev–Trinajstić information content (AvgIpc) is 3.20.